The van der Waals surface area contributed by atoms with Gasteiger partial charge in [0.1, 0.15) is 6.04 Å². The van der Waals surface area contributed by atoms with Crippen molar-refractivity contribution < 1.29 is 9.90 Å². The maximum Gasteiger partial charge on any atom is 0.320 e. The number of carboxylic acid groups (broad SMARTS) is 1. The third-order valence-electron chi connectivity index (χ3n) is 1.70. The van der Waals surface area contributed by atoms with Crippen LogP contribution < -0.4 is 5.73 Å². The standard InChI is InChI=1S/C9H12N2O2/c1-6-2-7(5-11-4-6)3-8(10)9(12)13/h2,4-5,8H,3,10H2,1H3,(H,12,13)/t8-/m1/s1. The van der Waals surface area contributed by atoms with Crippen molar-refractivity contribution in [1.82, 2.24) is 4.98 Å². The van der Waals surface area contributed by atoms with Gasteiger partial charge >= 0.3 is 5.97 Å². The minimum atomic E-state index is -0.985. The van der Waals surface area contributed by atoms with Crippen molar-refractivity contribution in [2.75, 3.05) is 0 Å². The Bertz CT molecular complexity index is 312. The van der Waals surface area contributed by atoms with Gasteiger partial charge in [0.2, 0.25) is 0 Å². The molecular weight excluding hydrogens is 168 g/mol. The van der Waals surface area contributed by atoms with Crippen LogP contribution in [0.3, 0.4) is 0 Å². The van der Waals surface area contributed by atoms with Gasteiger partial charge in [-0.25, -0.2) is 0 Å². The van der Waals surface area contributed by atoms with Crippen LogP contribution in [-0.2, 0) is 11.2 Å². The fourth-order valence-corrected chi connectivity index (χ4v) is 1.07. The van der Waals surface area contributed by atoms with Crippen molar-refractivity contribution in [1.29, 1.82) is 0 Å². The number of nitrogens with two attached hydrogens (primary N) is 1. The number of aryl methyl sites for hydroxylation is 1. The molecule has 0 saturated heterocycles. The molecular formula is C9H12N2O2. The first-order valence-electron chi connectivity index (χ1n) is 3.98. The van der Waals surface area contributed by atoms with Crippen molar-refractivity contribution in [3.63, 3.8) is 0 Å². The fraction of sp³-hybridized carbons (Fsp3) is 0.333. The van der Waals surface area contributed by atoms with E-state index in [0.717, 1.165) is 11.1 Å². The first-order valence-corrected chi connectivity index (χ1v) is 3.98. The molecule has 0 radical (unpaired) electrons. The SMILES string of the molecule is Cc1cncc(C[C@@H](N)C(=O)O)c1. The monoisotopic (exact) mass is 180 g/mol. The summed E-state index contributed by atoms with van der Waals surface area (Å²) in [6.07, 6.45) is 3.68. The molecule has 0 unspecified atom stereocenters. The van der Waals surface area contributed by atoms with E-state index in [0.29, 0.717) is 6.42 Å². The van der Waals surface area contributed by atoms with Crippen LogP contribution in [0, 0.1) is 6.92 Å². The minimum Gasteiger partial charge on any atom is -0.480 e. The Hall–Kier alpha value is -1.42. The summed E-state index contributed by atoms with van der Waals surface area (Å²) in [6.45, 7) is 1.91. The number of aromatic nitrogens is 1. The van der Waals surface area contributed by atoms with Gasteiger partial charge in [-0.05, 0) is 24.5 Å². The average molecular weight is 180 g/mol. The van der Waals surface area contributed by atoms with Crippen LogP contribution >= 0.6 is 0 Å². The van der Waals surface area contributed by atoms with Crippen LogP contribution in [-0.4, -0.2) is 22.1 Å². The van der Waals surface area contributed by atoms with E-state index in [9.17, 15) is 4.79 Å². The molecule has 0 saturated carbocycles. The van der Waals surface area contributed by atoms with Gasteiger partial charge in [0.05, 0.1) is 0 Å². The molecule has 1 rings (SSSR count). The van der Waals surface area contributed by atoms with Gasteiger partial charge in [0.15, 0.2) is 0 Å². The number of aliphatic carboxylic acids is 1. The lowest BCUT2D eigenvalue weighted by Gasteiger charge is -2.05. The van der Waals surface area contributed by atoms with Crippen molar-refractivity contribution in [3.8, 4) is 0 Å². The first-order chi connectivity index (χ1) is 6.09. The molecule has 1 aromatic rings. The van der Waals surface area contributed by atoms with E-state index in [4.69, 9.17) is 10.8 Å². The van der Waals surface area contributed by atoms with Crippen molar-refractivity contribution in [3.05, 3.63) is 29.6 Å². The van der Waals surface area contributed by atoms with Crippen molar-refractivity contribution in [2.24, 2.45) is 5.73 Å². The Morgan fingerprint density at radius 2 is 2.38 bits per heavy atom. The molecule has 0 aliphatic carbocycles. The molecule has 0 amide bonds. The highest BCUT2D eigenvalue weighted by Crippen LogP contribution is 2.03. The Labute approximate surface area is 76.4 Å². The van der Waals surface area contributed by atoms with Crippen LogP contribution in [0.1, 0.15) is 11.1 Å². The third-order valence-corrected chi connectivity index (χ3v) is 1.70. The van der Waals surface area contributed by atoms with Crippen molar-refractivity contribution >= 4 is 5.97 Å². The topological polar surface area (TPSA) is 76.2 Å². The normalized spacial score (nSPS) is 12.5. The highest BCUT2D eigenvalue weighted by Gasteiger charge is 2.11. The molecule has 1 heterocycles. The predicted molar refractivity (Wildman–Crippen MR) is 48.3 cm³/mol. The summed E-state index contributed by atoms with van der Waals surface area (Å²) in [7, 11) is 0. The van der Waals surface area contributed by atoms with Gasteiger partial charge in [0, 0.05) is 12.4 Å². The molecule has 0 bridgehead atoms. The number of carbonyl (C=O) groups is 1. The summed E-state index contributed by atoms with van der Waals surface area (Å²) >= 11 is 0. The highest BCUT2D eigenvalue weighted by molar-refractivity contribution is 5.73. The molecule has 4 nitrogen and oxygen atoms in total. The van der Waals surface area contributed by atoms with Gasteiger partial charge in [-0.2, -0.15) is 0 Å². The van der Waals surface area contributed by atoms with E-state index in [1.807, 2.05) is 13.0 Å². The van der Waals surface area contributed by atoms with E-state index in [2.05, 4.69) is 4.98 Å². The van der Waals surface area contributed by atoms with Crippen molar-refractivity contribution in [2.45, 2.75) is 19.4 Å². The van der Waals surface area contributed by atoms with Crippen LogP contribution in [0.5, 0.6) is 0 Å². The third kappa shape index (κ3) is 2.83. The number of hydrogen-bond donors (Lipinski definition) is 2. The summed E-state index contributed by atoms with van der Waals surface area (Å²) in [4.78, 5) is 14.4. The maximum absolute atomic E-state index is 10.4. The molecule has 0 aliphatic rings. The molecule has 13 heavy (non-hydrogen) atoms. The summed E-state index contributed by atoms with van der Waals surface area (Å²) in [5.74, 6) is -0.985. The van der Waals surface area contributed by atoms with E-state index in [1.165, 1.54) is 0 Å². The second-order valence-electron chi connectivity index (χ2n) is 3.02. The Balaban J connectivity index is 2.69. The molecule has 1 atom stereocenters. The molecule has 1 aromatic heterocycles. The molecule has 0 spiro atoms. The fourth-order valence-electron chi connectivity index (χ4n) is 1.07. The van der Waals surface area contributed by atoms with E-state index in [1.54, 1.807) is 12.4 Å². The second-order valence-corrected chi connectivity index (χ2v) is 3.02. The Kier molecular flexibility index (Phi) is 2.97. The van der Waals surface area contributed by atoms with Crippen LogP contribution in [0.15, 0.2) is 18.5 Å². The lowest BCUT2D eigenvalue weighted by molar-refractivity contribution is -0.138. The number of rotatable bonds is 3. The maximum atomic E-state index is 10.4. The number of carboxylic acids is 1. The molecule has 3 N–H and O–H groups in total. The lowest BCUT2D eigenvalue weighted by atomic mass is 10.1. The number of hydrogen-bond acceptors (Lipinski definition) is 3. The summed E-state index contributed by atoms with van der Waals surface area (Å²) in [5.41, 5.74) is 7.24. The van der Waals surface area contributed by atoms with E-state index in [-0.39, 0.29) is 0 Å². The summed E-state index contributed by atoms with van der Waals surface area (Å²) in [5, 5.41) is 8.57. The Morgan fingerprint density at radius 1 is 1.69 bits per heavy atom. The summed E-state index contributed by atoms with van der Waals surface area (Å²) in [6, 6.07) is 1.04. The zero-order valence-corrected chi connectivity index (χ0v) is 7.40. The molecule has 70 valence electrons. The van der Waals surface area contributed by atoms with Crippen LogP contribution in [0.2, 0.25) is 0 Å². The molecule has 4 heteroatoms. The minimum absolute atomic E-state index is 0.323. The quantitative estimate of drug-likeness (QED) is 0.703. The zero-order valence-electron chi connectivity index (χ0n) is 7.40. The van der Waals surface area contributed by atoms with E-state index >= 15 is 0 Å². The number of nitrogens with zero attached hydrogens (tertiary/aromatic N) is 1. The van der Waals surface area contributed by atoms with Crippen LogP contribution in [0.4, 0.5) is 0 Å². The summed E-state index contributed by atoms with van der Waals surface area (Å²) < 4.78 is 0. The Morgan fingerprint density at radius 3 is 2.92 bits per heavy atom. The van der Waals surface area contributed by atoms with Crippen LogP contribution in [0.25, 0.3) is 0 Å². The largest absolute Gasteiger partial charge is 0.480 e. The van der Waals surface area contributed by atoms with Gasteiger partial charge in [-0.15, -0.1) is 0 Å². The molecule has 0 aliphatic heterocycles. The van der Waals surface area contributed by atoms with Gasteiger partial charge in [-0.1, -0.05) is 6.07 Å². The highest BCUT2D eigenvalue weighted by atomic mass is 16.4. The average Bonchev–Trinajstić information content (AvgIpc) is 2.04. The van der Waals surface area contributed by atoms with Gasteiger partial charge < -0.3 is 10.8 Å². The second kappa shape index (κ2) is 4.00. The smallest absolute Gasteiger partial charge is 0.320 e. The van der Waals surface area contributed by atoms with E-state index < -0.39 is 12.0 Å². The molecule has 0 fully saturated rings. The lowest BCUT2D eigenvalue weighted by Crippen LogP contribution is -2.32. The van der Waals surface area contributed by atoms with Gasteiger partial charge in [0.25, 0.3) is 0 Å². The first kappa shape index (κ1) is 9.67. The molecule has 0 aromatic carbocycles. The zero-order chi connectivity index (χ0) is 9.84. The number of pyridine rings is 1. The van der Waals surface area contributed by atoms with Gasteiger partial charge in [-0.3, -0.25) is 9.78 Å². The predicted octanol–water partition coefficient (Wildman–Crippen LogP) is 0.344.